The second-order valence-electron chi connectivity index (χ2n) is 6.40. The molecule has 0 aromatic heterocycles. The summed E-state index contributed by atoms with van der Waals surface area (Å²) in [6, 6.07) is 15.4. The van der Waals surface area contributed by atoms with Gasteiger partial charge in [0.25, 0.3) is 0 Å². The Morgan fingerprint density at radius 1 is 1.04 bits per heavy atom. The Bertz CT molecular complexity index is 876. The molecule has 1 amide bonds. The van der Waals surface area contributed by atoms with Crippen LogP contribution in [0.25, 0.3) is 0 Å². The number of anilines is 1. The first-order valence-corrected chi connectivity index (χ1v) is 10.3. The molecule has 7 heteroatoms. The van der Waals surface area contributed by atoms with E-state index in [1.807, 2.05) is 30.3 Å². The number of benzene rings is 2. The normalized spacial score (nSPS) is 12.3. The number of hydrogen-bond donors (Lipinski definition) is 2. The van der Waals surface area contributed by atoms with E-state index in [-0.39, 0.29) is 17.2 Å². The number of hydrogen-bond acceptors (Lipinski definition) is 4. The number of amides is 1. The van der Waals surface area contributed by atoms with Crippen LogP contribution >= 0.6 is 0 Å². The third kappa shape index (κ3) is 6.53. The van der Waals surface area contributed by atoms with E-state index in [4.69, 9.17) is 0 Å². The van der Waals surface area contributed by atoms with Crippen molar-refractivity contribution in [3.63, 3.8) is 0 Å². The first-order chi connectivity index (χ1) is 12.8. The molecule has 0 radical (unpaired) electrons. The highest BCUT2D eigenvalue weighted by molar-refractivity contribution is 7.91. The van der Waals surface area contributed by atoms with Crippen LogP contribution in [0.5, 0.6) is 0 Å². The van der Waals surface area contributed by atoms with E-state index < -0.39 is 27.5 Å². The number of carbonyl (C=O) groups excluding carboxylic acids is 1. The highest BCUT2D eigenvalue weighted by Gasteiger charge is 2.26. The minimum Gasteiger partial charge on any atom is -0.481 e. The van der Waals surface area contributed by atoms with Crippen molar-refractivity contribution in [2.24, 2.45) is 5.92 Å². The van der Waals surface area contributed by atoms with Gasteiger partial charge in [0.15, 0.2) is 9.84 Å². The zero-order valence-electron chi connectivity index (χ0n) is 15.1. The molecule has 1 atom stereocenters. The molecule has 1 unspecified atom stereocenters. The van der Waals surface area contributed by atoms with Crippen LogP contribution in [0.15, 0.2) is 59.5 Å². The minimum atomic E-state index is -3.74. The standard InChI is InChI=1S/C20H23NO5S/c1-15(22)21-18-10-12-19(13-11-18)27(25,26)14-17(20(23)24)9-5-8-16-6-3-2-4-7-16/h2-4,6-7,10-13,17H,5,8-9,14H2,1H3,(H,21,22)(H,23,24). The molecule has 144 valence electrons. The molecule has 2 N–H and O–H groups in total. The van der Waals surface area contributed by atoms with E-state index in [9.17, 15) is 23.1 Å². The Labute approximate surface area is 159 Å². The maximum atomic E-state index is 12.6. The van der Waals surface area contributed by atoms with Gasteiger partial charge in [-0.2, -0.15) is 0 Å². The van der Waals surface area contributed by atoms with Gasteiger partial charge in [0.1, 0.15) is 0 Å². The number of nitrogens with one attached hydrogen (secondary N) is 1. The van der Waals surface area contributed by atoms with E-state index in [0.29, 0.717) is 18.5 Å². The molecule has 2 aromatic carbocycles. The summed E-state index contributed by atoms with van der Waals surface area (Å²) in [4.78, 5) is 22.6. The summed E-state index contributed by atoms with van der Waals surface area (Å²) >= 11 is 0. The van der Waals surface area contributed by atoms with Gasteiger partial charge in [-0.25, -0.2) is 8.42 Å². The first-order valence-electron chi connectivity index (χ1n) is 8.65. The summed E-state index contributed by atoms with van der Waals surface area (Å²) in [5, 5.41) is 12.0. The van der Waals surface area contributed by atoms with Crippen molar-refractivity contribution in [3.8, 4) is 0 Å². The molecule has 0 heterocycles. The summed E-state index contributed by atoms with van der Waals surface area (Å²) in [5.74, 6) is -2.78. The van der Waals surface area contributed by atoms with E-state index in [2.05, 4.69) is 5.32 Å². The summed E-state index contributed by atoms with van der Waals surface area (Å²) in [6.07, 6.45) is 1.58. The highest BCUT2D eigenvalue weighted by atomic mass is 32.2. The highest BCUT2D eigenvalue weighted by Crippen LogP contribution is 2.20. The molecule has 0 saturated carbocycles. The number of carbonyl (C=O) groups is 2. The number of carboxylic acid groups (broad SMARTS) is 1. The van der Waals surface area contributed by atoms with Crippen molar-refractivity contribution in [3.05, 3.63) is 60.2 Å². The van der Waals surface area contributed by atoms with Gasteiger partial charge in [-0.15, -0.1) is 0 Å². The molecule has 0 fully saturated rings. The quantitative estimate of drug-likeness (QED) is 0.686. The molecule has 2 rings (SSSR count). The Morgan fingerprint density at radius 3 is 2.22 bits per heavy atom. The van der Waals surface area contributed by atoms with Crippen LogP contribution in [0.3, 0.4) is 0 Å². The molecule has 6 nitrogen and oxygen atoms in total. The zero-order chi connectivity index (χ0) is 19.9. The summed E-state index contributed by atoms with van der Waals surface area (Å²) in [6.45, 7) is 1.36. The van der Waals surface area contributed by atoms with Crippen LogP contribution in [-0.4, -0.2) is 31.2 Å². The zero-order valence-corrected chi connectivity index (χ0v) is 15.9. The SMILES string of the molecule is CC(=O)Nc1ccc(S(=O)(=O)CC(CCCc2ccccc2)C(=O)O)cc1. The minimum absolute atomic E-state index is 0.0471. The van der Waals surface area contributed by atoms with E-state index in [1.54, 1.807) is 0 Å². The molecular formula is C20H23NO5S. The average Bonchev–Trinajstić information content (AvgIpc) is 2.61. The Morgan fingerprint density at radius 2 is 1.67 bits per heavy atom. The van der Waals surface area contributed by atoms with Crippen LogP contribution in [0.4, 0.5) is 5.69 Å². The van der Waals surface area contributed by atoms with E-state index >= 15 is 0 Å². The number of rotatable bonds is 9. The van der Waals surface area contributed by atoms with Crippen molar-refractivity contribution in [1.82, 2.24) is 0 Å². The number of carboxylic acids is 1. The number of aryl methyl sites for hydroxylation is 1. The fraction of sp³-hybridized carbons (Fsp3) is 0.300. The Hall–Kier alpha value is -2.67. The Kier molecular flexibility index (Phi) is 7.12. The maximum absolute atomic E-state index is 12.6. The number of aliphatic carboxylic acids is 1. The predicted molar refractivity (Wildman–Crippen MR) is 103 cm³/mol. The van der Waals surface area contributed by atoms with Gasteiger partial charge >= 0.3 is 5.97 Å². The van der Waals surface area contributed by atoms with Crippen molar-refractivity contribution in [1.29, 1.82) is 0 Å². The first kappa shape index (κ1) is 20.6. The Balaban J connectivity index is 2.01. The monoisotopic (exact) mass is 389 g/mol. The van der Waals surface area contributed by atoms with Crippen LogP contribution in [0, 0.1) is 5.92 Å². The fourth-order valence-electron chi connectivity index (χ4n) is 2.79. The van der Waals surface area contributed by atoms with Gasteiger partial charge in [-0.1, -0.05) is 30.3 Å². The van der Waals surface area contributed by atoms with Crippen molar-refractivity contribution in [2.75, 3.05) is 11.1 Å². The molecule has 0 aliphatic carbocycles. The summed E-state index contributed by atoms with van der Waals surface area (Å²) in [5.41, 5.74) is 1.58. The molecule has 27 heavy (non-hydrogen) atoms. The van der Waals surface area contributed by atoms with Gasteiger partial charge in [0.2, 0.25) is 5.91 Å². The van der Waals surface area contributed by atoms with Crippen molar-refractivity contribution >= 4 is 27.4 Å². The number of sulfone groups is 1. The van der Waals surface area contributed by atoms with Crippen LogP contribution in [0.2, 0.25) is 0 Å². The third-order valence-electron chi connectivity index (χ3n) is 4.16. The smallest absolute Gasteiger partial charge is 0.307 e. The van der Waals surface area contributed by atoms with Crippen LogP contribution in [0.1, 0.15) is 25.3 Å². The molecule has 2 aromatic rings. The second-order valence-corrected chi connectivity index (χ2v) is 8.43. The van der Waals surface area contributed by atoms with Gasteiger partial charge in [-0.3, -0.25) is 9.59 Å². The molecule has 0 bridgehead atoms. The largest absolute Gasteiger partial charge is 0.481 e. The van der Waals surface area contributed by atoms with E-state index in [1.165, 1.54) is 31.2 Å². The molecule has 0 spiro atoms. The second kappa shape index (κ2) is 9.32. The topological polar surface area (TPSA) is 101 Å². The average molecular weight is 389 g/mol. The van der Waals surface area contributed by atoms with Crippen LogP contribution < -0.4 is 5.32 Å². The molecule has 0 aliphatic rings. The molecule has 0 aliphatic heterocycles. The fourth-order valence-corrected chi connectivity index (χ4v) is 4.37. The van der Waals surface area contributed by atoms with Crippen LogP contribution in [-0.2, 0) is 25.8 Å². The maximum Gasteiger partial charge on any atom is 0.307 e. The molecular weight excluding hydrogens is 366 g/mol. The van der Waals surface area contributed by atoms with Gasteiger partial charge in [-0.05, 0) is 49.1 Å². The summed E-state index contributed by atoms with van der Waals surface area (Å²) in [7, 11) is -3.74. The van der Waals surface area contributed by atoms with Crippen molar-refractivity contribution < 1.29 is 23.1 Å². The lowest BCUT2D eigenvalue weighted by atomic mass is 10.0. The predicted octanol–water partition coefficient (Wildman–Crippen LogP) is 3.14. The van der Waals surface area contributed by atoms with Gasteiger partial charge < -0.3 is 10.4 Å². The van der Waals surface area contributed by atoms with Gasteiger partial charge in [0.05, 0.1) is 16.6 Å². The van der Waals surface area contributed by atoms with Crippen molar-refractivity contribution in [2.45, 2.75) is 31.1 Å². The lowest BCUT2D eigenvalue weighted by molar-refractivity contribution is -0.141. The lowest BCUT2D eigenvalue weighted by Gasteiger charge is -2.13. The van der Waals surface area contributed by atoms with E-state index in [0.717, 1.165) is 5.56 Å². The summed E-state index contributed by atoms with van der Waals surface area (Å²) < 4.78 is 25.1. The molecule has 0 saturated heterocycles. The third-order valence-corrected chi connectivity index (χ3v) is 6.00. The van der Waals surface area contributed by atoms with Gasteiger partial charge in [0, 0.05) is 12.6 Å². The lowest BCUT2D eigenvalue weighted by Crippen LogP contribution is -2.24.